The van der Waals surface area contributed by atoms with Crippen molar-refractivity contribution in [1.82, 2.24) is 4.98 Å². The number of nitriles is 1. The molecule has 0 saturated heterocycles. The van der Waals surface area contributed by atoms with Crippen LogP contribution in [-0.4, -0.2) is 4.98 Å². The second-order valence-corrected chi connectivity index (χ2v) is 3.51. The van der Waals surface area contributed by atoms with Crippen molar-refractivity contribution in [2.75, 3.05) is 0 Å². The maximum absolute atomic E-state index is 12.4. The van der Waals surface area contributed by atoms with Gasteiger partial charge in [0.2, 0.25) is 0 Å². The molecule has 1 rings (SSSR count). The molecule has 0 aliphatic carbocycles. The summed E-state index contributed by atoms with van der Waals surface area (Å²) >= 11 is 1.67. The Morgan fingerprint density at radius 3 is 2.71 bits per heavy atom. The van der Waals surface area contributed by atoms with Gasteiger partial charge in [0, 0.05) is 12.1 Å². The molecule has 1 aromatic heterocycles. The van der Waals surface area contributed by atoms with Crippen molar-refractivity contribution in [1.29, 1.82) is 5.26 Å². The lowest BCUT2D eigenvalue weighted by atomic mass is 10.1. The van der Waals surface area contributed by atoms with Gasteiger partial charge in [0.1, 0.15) is 15.5 Å². The van der Waals surface area contributed by atoms with Gasteiger partial charge in [-0.3, -0.25) is 0 Å². The number of hydrogen-bond donors (Lipinski definition) is 1. The average molecular weight is 309 g/mol. The van der Waals surface area contributed by atoms with E-state index in [9.17, 15) is 8.78 Å². The fraction of sp³-hybridized carbons (Fsp3) is 0.250. The molecular formula is C8H6F2IN3. The highest BCUT2D eigenvalue weighted by molar-refractivity contribution is 14.1. The third kappa shape index (κ3) is 2.16. The number of alkyl halides is 2. The van der Waals surface area contributed by atoms with Crippen LogP contribution in [0.3, 0.4) is 0 Å². The van der Waals surface area contributed by atoms with E-state index in [0.717, 1.165) is 0 Å². The lowest BCUT2D eigenvalue weighted by Crippen LogP contribution is -2.05. The SMILES string of the molecule is N#Cc1nc(I)c(C(F)F)cc1CN. The van der Waals surface area contributed by atoms with E-state index < -0.39 is 6.43 Å². The maximum Gasteiger partial charge on any atom is 0.266 e. The van der Waals surface area contributed by atoms with Crippen molar-refractivity contribution < 1.29 is 8.78 Å². The van der Waals surface area contributed by atoms with Crippen LogP contribution in [0.2, 0.25) is 0 Å². The number of rotatable bonds is 2. The number of halogens is 3. The molecular weight excluding hydrogens is 303 g/mol. The Kier molecular flexibility index (Phi) is 3.71. The van der Waals surface area contributed by atoms with E-state index in [1.165, 1.54) is 6.07 Å². The summed E-state index contributed by atoms with van der Waals surface area (Å²) in [5, 5.41) is 8.64. The van der Waals surface area contributed by atoms with Gasteiger partial charge in [-0.1, -0.05) is 0 Å². The maximum atomic E-state index is 12.4. The van der Waals surface area contributed by atoms with E-state index in [-0.39, 0.29) is 21.5 Å². The van der Waals surface area contributed by atoms with E-state index in [2.05, 4.69) is 4.98 Å². The van der Waals surface area contributed by atoms with Gasteiger partial charge in [0.05, 0.1) is 5.56 Å². The first kappa shape index (κ1) is 11.3. The molecule has 0 spiro atoms. The van der Waals surface area contributed by atoms with Crippen molar-refractivity contribution >= 4 is 22.6 Å². The molecule has 6 heteroatoms. The van der Waals surface area contributed by atoms with Crippen molar-refractivity contribution in [3.05, 3.63) is 26.6 Å². The van der Waals surface area contributed by atoms with Gasteiger partial charge >= 0.3 is 0 Å². The Morgan fingerprint density at radius 2 is 2.29 bits per heavy atom. The Bertz CT molecular complexity index is 386. The molecule has 1 heterocycles. The average Bonchev–Trinajstić information content (AvgIpc) is 2.16. The Labute approximate surface area is 93.1 Å². The summed E-state index contributed by atoms with van der Waals surface area (Å²) in [4.78, 5) is 3.75. The number of nitrogens with two attached hydrogens (primary N) is 1. The molecule has 0 radical (unpaired) electrons. The Morgan fingerprint density at radius 1 is 1.64 bits per heavy atom. The Hall–Kier alpha value is -0.810. The van der Waals surface area contributed by atoms with Gasteiger partial charge in [-0.15, -0.1) is 0 Å². The van der Waals surface area contributed by atoms with Crippen LogP contribution in [0.5, 0.6) is 0 Å². The molecule has 0 bridgehead atoms. The van der Waals surface area contributed by atoms with E-state index in [1.54, 1.807) is 22.6 Å². The minimum atomic E-state index is -2.59. The molecule has 0 saturated carbocycles. The van der Waals surface area contributed by atoms with Crippen LogP contribution in [0.25, 0.3) is 0 Å². The minimum Gasteiger partial charge on any atom is -0.326 e. The molecule has 0 aliphatic rings. The van der Waals surface area contributed by atoms with Crippen molar-refractivity contribution in [3.63, 3.8) is 0 Å². The van der Waals surface area contributed by atoms with Gasteiger partial charge in [-0.2, -0.15) is 5.26 Å². The number of hydrogen-bond acceptors (Lipinski definition) is 3. The third-order valence-corrected chi connectivity index (χ3v) is 2.51. The van der Waals surface area contributed by atoms with Crippen LogP contribution in [0.4, 0.5) is 8.78 Å². The second kappa shape index (κ2) is 4.61. The topological polar surface area (TPSA) is 62.7 Å². The normalized spacial score (nSPS) is 10.3. The number of nitrogens with zero attached hydrogens (tertiary/aromatic N) is 2. The predicted molar refractivity (Wildman–Crippen MR) is 54.5 cm³/mol. The molecule has 0 aliphatic heterocycles. The lowest BCUT2D eigenvalue weighted by molar-refractivity contribution is 0.149. The molecule has 0 fully saturated rings. The summed E-state index contributed by atoms with van der Waals surface area (Å²) in [7, 11) is 0. The summed E-state index contributed by atoms with van der Waals surface area (Å²) in [5.74, 6) is 0. The first-order valence-corrected chi connectivity index (χ1v) is 4.75. The molecule has 0 unspecified atom stereocenters. The first-order chi connectivity index (χ1) is 6.60. The first-order valence-electron chi connectivity index (χ1n) is 3.67. The molecule has 2 N–H and O–H groups in total. The number of aromatic nitrogens is 1. The summed E-state index contributed by atoms with van der Waals surface area (Å²) in [6.45, 7) is 0.0343. The van der Waals surface area contributed by atoms with Crippen molar-refractivity contribution in [3.8, 4) is 6.07 Å². The molecule has 14 heavy (non-hydrogen) atoms. The highest BCUT2D eigenvalue weighted by atomic mass is 127. The minimum absolute atomic E-state index is 0.0343. The van der Waals surface area contributed by atoms with E-state index in [0.29, 0.717) is 5.56 Å². The lowest BCUT2D eigenvalue weighted by Gasteiger charge is -2.06. The molecule has 3 nitrogen and oxygen atoms in total. The molecule has 0 atom stereocenters. The Balaban J connectivity index is 3.32. The highest BCUT2D eigenvalue weighted by Gasteiger charge is 2.15. The van der Waals surface area contributed by atoms with Gasteiger partial charge in [0.15, 0.2) is 0 Å². The quantitative estimate of drug-likeness (QED) is 0.671. The number of pyridine rings is 1. The van der Waals surface area contributed by atoms with Gasteiger partial charge in [-0.05, 0) is 28.7 Å². The summed E-state index contributed by atoms with van der Waals surface area (Å²) in [5.41, 5.74) is 5.59. The monoisotopic (exact) mass is 309 g/mol. The second-order valence-electron chi connectivity index (χ2n) is 2.49. The van der Waals surface area contributed by atoms with Gasteiger partial charge < -0.3 is 5.73 Å². The van der Waals surface area contributed by atoms with Gasteiger partial charge in [0.25, 0.3) is 6.43 Å². The molecule has 0 aromatic carbocycles. The molecule has 1 aromatic rings. The van der Waals surface area contributed by atoms with E-state index in [4.69, 9.17) is 11.0 Å². The zero-order valence-electron chi connectivity index (χ0n) is 6.97. The molecule has 74 valence electrons. The van der Waals surface area contributed by atoms with Crippen LogP contribution in [0, 0.1) is 15.0 Å². The summed E-state index contributed by atoms with van der Waals surface area (Å²) < 4.78 is 25.0. The molecule has 0 amide bonds. The van der Waals surface area contributed by atoms with E-state index >= 15 is 0 Å². The largest absolute Gasteiger partial charge is 0.326 e. The highest BCUT2D eigenvalue weighted by Crippen LogP contribution is 2.25. The fourth-order valence-electron chi connectivity index (χ4n) is 0.956. The van der Waals surface area contributed by atoms with Crippen molar-refractivity contribution in [2.45, 2.75) is 13.0 Å². The predicted octanol–water partition coefficient (Wildman–Crippen LogP) is 1.95. The third-order valence-electron chi connectivity index (χ3n) is 1.64. The summed E-state index contributed by atoms with van der Waals surface area (Å²) in [6.07, 6.45) is -2.59. The van der Waals surface area contributed by atoms with Gasteiger partial charge in [-0.25, -0.2) is 13.8 Å². The van der Waals surface area contributed by atoms with Crippen LogP contribution in [0.15, 0.2) is 6.07 Å². The summed E-state index contributed by atoms with van der Waals surface area (Å²) in [6, 6.07) is 3.05. The fourth-order valence-corrected chi connectivity index (χ4v) is 1.59. The van der Waals surface area contributed by atoms with Crippen LogP contribution in [0.1, 0.15) is 23.2 Å². The standard InChI is InChI=1S/C8H6F2IN3/c9-7(10)5-1-4(2-12)6(3-13)14-8(5)11/h1,7H,2,12H2. The van der Waals surface area contributed by atoms with Crippen molar-refractivity contribution in [2.24, 2.45) is 5.73 Å². The van der Waals surface area contributed by atoms with Crippen LogP contribution in [-0.2, 0) is 6.54 Å². The van der Waals surface area contributed by atoms with Crippen LogP contribution < -0.4 is 5.73 Å². The zero-order valence-corrected chi connectivity index (χ0v) is 9.12. The van der Waals surface area contributed by atoms with Crippen LogP contribution >= 0.6 is 22.6 Å². The zero-order chi connectivity index (χ0) is 10.7. The smallest absolute Gasteiger partial charge is 0.266 e. The van der Waals surface area contributed by atoms with E-state index in [1.807, 2.05) is 6.07 Å².